The summed E-state index contributed by atoms with van der Waals surface area (Å²) in [5.41, 5.74) is 4.16. The van der Waals surface area contributed by atoms with Crippen LogP contribution < -0.4 is 29.9 Å². The van der Waals surface area contributed by atoms with Crippen LogP contribution in [0.15, 0.2) is 54.6 Å². The molecule has 3 aromatic rings. The van der Waals surface area contributed by atoms with E-state index >= 15 is 0 Å². The van der Waals surface area contributed by atoms with E-state index in [1.165, 1.54) is 19.2 Å². The summed E-state index contributed by atoms with van der Waals surface area (Å²) in [7, 11) is -2.41. The maximum Gasteiger partial charge on any atom is 0.425 e. The fraction of sp³-hybridized carbons (Fsp3) is 0.306. The van der Waals surface area contributed by atoms with Crippen molar-refractivity contribution in [1.29, 1.82) is 0 Å². The Balaban J connectivity index is 0.00000120. The summed E-state index contributed by atoms with van der Waals surface area (Å²) in [5.74, 6) is -1.88. The molecule has 3 aliphatic heterocycles. The lowest BCUT2D eigenvalue weighted by Gasteiger charge is -2.41. The predicted octanol–water partition coefficient (Wildman–Crippen LogP) is 2.00. The van der Waals surface area contributed by atoms with Crippen LogP contribution in [0.5, 0.6) is 11.5 Å². The zero-order valence-electron chi connectivity index (χ0n) is 29.1. The minimum Gasteiger partial charge on any atom is -0.545 e. The second-order valence-corrected chi connectivity index (χ2v) is 15.5. The number of methoxy groups -OCH3 is 1. The highest BCUT2D eigenvalue weighted by Crippen LogP contribution is 2.46. The van der Waals surface area contributed by atoms with E-state index in [4.69, 9.17) is 22.1 Å². The number of carboxylic acids is 1. The van der Waals surface area contributed by atoms with Gasteiger partial charge in [-0.2, -0.15) is 8.42 Å². The molecule has 0 atom stereocenters. The van der Waals surface area contributed by atoms with E-state index in [0.717, 1.165) is 16.8 Å². The molecule has 3 aliphatic rings. The number of hydrogen-bond donors (Lipinski definition) is 1. The first-order chi connectivity index (χ1) is 23.6. The van der Waals surface area contributed by atoms with Crippen molar-refractivity contribution < 1.29 is 49.8 Å². The summed E-state index contributed by atoms with van der Waals surface area (Å²) in [6.45, 7) is 10.1. The number of carbonyl (C=O) groups excluding carboxylic acids is 2. The van der Waals surface area contributed by atoms with Gasteiger partial charge < -0.3 is 24.3 Å². The number of benzene rings is 3. The van der Waals surface area contributed by atoms with Gasteiger partial charge in [0.25, 0.3) is 10.1 Å². The van der Waals surface area contributed by atoms with Gasteiger partial charge in [0.05, 0.1) is 35.8 Å². The summed E-state index contributed by atoms with van der Waals surface area (Å²) in [4.78, 5) is 27.2. The van der Waals surface area contributed by atoms with Gasteiger partial charge in [0.15, 0.2) is 5.54 Å². The lowest BCUT2D eigenvalue weighted by atomic mass is 9.83. The summed E-state index contributed by atoms with van der Waals surface area (Å²) in [6, 6.07) is 11.8. The van der Waals surface area contributed by atoms with Gasteiger partial charge in [-0.05, 0) is 67.8 Å². The van der Waals surface area contributed by atoms with E-state index < -0.39 is 44.0 Å². The average Bonchev–Trinajstić information content (AvgIpc) is 3.02. The molecule has 3 heterocycles. The van der Waals surface area contributed by atoms with Crippen LogP contribution in [0.3, 0.4) is 0 Å². The lowest BCUT2D eigenvalue weighted by molar-refractivity contribution is -0.255. The molecule has 13 nitrogen and oxygen atoms in total. The number of nitrogens with zero attached hydrogens (tertiary/aromatic N) is 2. The van der Waals surface area contributed by atoms with Crippen LogP contribution in [0.25, 0.3) is 16.7 Å². The highest BCUT2D eigenvalue weighted by atomic mass is 32.2. The van der Waals surface area contributed by atoms with Crippen LogP contribution in [-0.2, 0) is 25.5 Å². The van der Waals surface area contributed by atoms with Crippen molar-refractivity contribution in [2.45, 2.75) is 45.7 Å². The van der Waals surface area contributed by atoms with Crippen molar-refractivity contribution in [3.05, 3.63) is 98.6 Å². The molecule has 0 amide bonds. The second kappa shape index (κ2) is 12.9. The number of ether oxygens (including phenoxy) is 2. The van der Waals surface area contributed by atoms with Crippen molar-refractivity contribution in [2.75, 3.05) is 31.9 Å². The Labute approximate surface area is 296 Å². The lowest BCUT2D eigenvalue weighted by Crippen LogP contribution is -2.47. The number of carboxylic acid groups (broad SMARTS) is 1. The molecule has 0 bridgehead atoms. The summed E-state index contributed by atoms with van der Waals surface area (Å²) >= 11 is 0. The molecule has 0 aliphatic carbocycles. The number of hydrogen-bond acceptors (Lipinski definition) is 11. The summed E-state index contributed by atoms with van der Waals surface area (Å²) < 4.78 is 73.0. The minimum atomic E-state index is -4.40. The Kier molecular flexibility index (Phi) is 9.39. The maximum absolute atomic E-state index is 12.7. The topological polar surface area (TPSA) is 187 Å². The number of rotatable bonds is 5. The van der Waals surface area contributed by atoms with Gasteiger partial charge in [0.2, 0.25) is 5.36 Å². The fourth-order valence-corrected chi connectivity index (χ4v) is 7.43. The van der Waals surface area contributed by atoms with E-state index in [1.807, 2.05) is 57.6 Å². The van der Waals surface area contributed by atoms with Gasteiger partial charge in [-0.1, -0.05) is 12.1 Å². The second-order valence-electron chi connectivity index (χ2n) is 13.6. The zero-order valence-corrected chi connectivity index (χ0v) is 30.8. The van der Waals surface area contributed by atoms with E-state index in [9.17, 15) is 27.7 Å². The third kappa shape index (κ3) is 6.96. The molecule has 0 spiro atoms. The maximum atomic E-state index is 12.7. The molecular weight excluding hydrogens is 701 g/mol. The Morgan fingerprint density at radius 3 is 2.20 bits per heavy atom. The van der Waals surface area contributed by atoms with Crippen LogP contribution in [-0.4, -0.2) is 75.6 Å². The van der Waals surface area contributed by atoms with Crippen LogP contribution >= 0.6 is 0 Å². The number of carbonyl (C=O) groups is 2. The van der Waals surface area contributed by atoms with Crippen molar-refractivity contribution in [1.82, 2.24) is 4.58 Å². The van der Waals surface area contributed by atoms with Crippen LogP contribution in [0.1, 0.15) is 77.6 Å². The Bertz CT molecular complexity index is 2470. The van der Waals surface area contributed by atoms with Gasteiger partial charge in [-0.25, -0.2) is 9.37 Å². The first-order valence-electron chi connectivity index (χ1n) is 15.5. The van der Waals surface area contributed by atoms with Gasteiger partial charge in [-0.15, -0.1) is 12.6 Å². The van der Waals surface area contributed by atoms with Crippen LogP contribution in [0, 0.1) is 0 Å². The van der Waals surface area contributed by atoms with Gasteiger partial charge in [0.1, 0.15) is 24.3 Å². The quantitative estimate of drug-likeness (QED) is 0.179. The number of esters is 1. The molecule has 3 aromatic carbocycles. The molecule has 0 saturated heterocycles. The summed E-state index contributed by atoms with van der Waals surface area (Å²) in [6.07, 6.45) is 3.96. The van der Waals surface area contributed by atoms with Crippen LogP contribution in [0.4, 0.5) is 5.69 Å². The molecule has 0 radical (unpaired) electrons. The molecule has 0 fully saturated rings. The minimum absolute atomic E-state index is 0.0456. The van der Waals surface area contributed by atoms with Gasteiger partial charge >= 0.3 is 16.6 Å². The number of allylic oxidation sites excluding steroid dienone is 1. The number of anilines is 1. The Morgan fingerprint density at radius 1 is 0.961 bits per heavy atom. The van der Waals surface area contributed by atoms with E-state index in [1.54, 1.807) is 18.2 Å². The number of likely N-dealkylation sites (N-methyl/N-ethyl adjacent to an activating group) is 2. The first kappa shape index (κ1) is 37.1. The molecule has 6 rings (SSSR count). The van der Waals surface area contributed by atoms with Crippen molar-refractivity contribution in [2.24, 2.45) is 0 Å². The third-order valence-corrected chi connectivity index (χ3v) is 10.2. The largest absolute Gasteiger partial charge is 0.545 e. The monoisotopic (exact) mass is 736 g/mol. The molecule has 0 unspecified atom stereocenters. The van der Waals surface area contributed by atoms with Gasteiger partial charge in [0, 0.05) is 60.1 Å². The zero-order chi connectivity index (χ0) is 38.0. The van der Waals surface area contributed by atoms with E-state index in [0.29, 0.717) is 44.3 Å². The first-order valence-corrected chi connectivity index (χ1v) is 18.1. The van der Waals surface area contributed by atoms with E-state index in [2.05, 4.69) is 24.8 Å². The van der Waals surface area contributed by atoms with Crippen LogP contribution in [0.2, 0.25) is 0 Å². The standard InChI is InChI=1S/C36H36N2O8S.O3S/c1-19-16-35(2,3)37(6)28-14-30-26(12-23(19)28)32(22-10-9-20(34(41)45-8)11-25(22)33(39)40)27-13-24-21(18-47(42,43)44)17-36(4,5)38(7)29(24)15-31(27)46-30;1-4(2)3/h9-17H,18H2,1-8H3,(H-,39,40,42,43,44);. The van der Waals surface area contributed by atoms with E-state index in [-0.39, 0.29) is 22.2 Å². The molecule has 51 heavy (non-hydrogen) atoms. The highest BCUT2D eigenvalue weighted by molar-refractivity contribution is 7.86. The number of fused-ring (bicyclic) bond motifs is 4. The Morgan fingerprint density at radius 2 is 1.61 bits per heavy atom. The molecule has 0 aromatic heterocycles. The molecule has 268 valence electrons. The molecule has 15 heteroatoms. The highest BCUT2D eigenvalue weighted by Gasteiger charge is 2.36. The fourth-order valence-electron chi connectivity index (χ4n) is 6.80. The third-order valence-electron chi connectivity index (χ3n) is 9.54. The van der Waals surface area contributed by atoms with Crippen molar-refractivity contribution in [3.63, 3.8) is 0 Å². The van der Waals surface area contributed by atoms with Crippen molar-refractivity contribution in [3.8, 4) is 11.5 Å². The van der Waals surface area contributed by atoms with Crippen molar-refractivity contribution >= 4 is 55.1 Å². The van der Waals surface area contributed by atoms with Gasteiger partial charge in [-0.3, -0.25) is 4.55 Å². The molecule has 0 saturated carbocycles. The molecule has 1 N–H and O–H groups in total. The molecular formula is C36H36N2O11S2. The summed E-state index contributed by atoms with van der Waals surface area (Å²) in [5, 5.41) is 13.9. The Hall–Kier alpha value is -5.12. The normalized spacial score (nSPS) is 16.5. The average molecular weight is 737 g/mol. The smallest absolute Gasteiger partial charge is 0.425 e. The number of aromatic carboxylic acids is 1. The predicted molar refractivity (Wildman–Crippen MR) is 187 cm³/mol. The SMILES string of the molecule is COC(=O)c1ccc(C2=c3cc4c(cc3Oc3cc5c(cc32)C(C)=CC(C)(C)N5C)=[N+](C)C(C)(C)C=C4CS(=O)(=O)O)c(C(=O)[O-])c1.O=S(=O)=O.